The molecule has 1 fully saturated rings. The van der Waals surface area contributed by atoms with E-state index in [1.807, 2.05) is 13.8 Å². The Hall–Kier alpha value is -2.75. The van der Waals surface area contributed by atoms with Crippen molar-refractivity contribution in [1.82, 2.24) is 10.2 Å². The number of aliphatic carboxylic acids is 2. The van der Waals surface area contributed by atoms with E-state index in [1.54, 1.807) is 0 Å². The van der Waals surface area contributed by atoms with E-state index in [4.69, 9.17) is 0 Å². The van der Waals surface area contributed by atoms with Crippen molar-refractivity contribution in [3.05, 3.63) is 29.8 Å². The number of urea groups is 1. The monoisotopic (exact) mass is 399 g/mol. The van der Waals surface area contributed by atoms with E-state index in [1.165, 1.54) is 4.90 Å². The van der Waals surface area contributed by atoms with E-state index in [-0.39, 0.29) is 37.7 Å². The number of carbonyl (C=O) groups excluding carboxylic acids is 1. The zero-order chi connectivity index (χ0) is 21.0. The Kier molecular flexibility index (Phi) is 6.90. The minimum absolute atomic E-state index is 0.0230. The van der Waals surface area contributed by atoms with Gasteiger partial charge in [-0.2, -0.15) is 0 Å². The zero-order valence-electron chi connectivity index (χ0n) is 15.6. The molecule has 28 heavy (non-hydrogen) atoms. The Morgan fingerprint density at radius 1 is 1.07 bits per heavy atom. The highest BCUT2D eigenvalue weighted by molar-refractivity contribution is 5.94. The topological polar surface area (TPSA) is 110 Å². The van der Waals surface area contributed by atoms with E-state index in [2.05, 4.69) is 5.32 Å². The first kappa shape index (κ1) is 21.5. The van der Waals surface area contributed by atoms with Crippen LogP contribution in [0.15, 0.2) is 18.2 Å². The molecule has 1 saturated heterocycles. The van der Waals surface area contributed by atoms with Crippen LogP contribution in [0.25, 0.3) is 0 Å². The number of anilines is 1. The summed E-state index contributed by atoms with van der Waals surface area (Å²) in [5, 5.41) is 21.3. The quantitative estimate of drug-likeness (QED) is 0.584. The molecule has 0 saturated carbocycles. The molecule has 0 bridgehead atoms. The second-order valence-corrected chi connectivity index (χ2v) is 7.09. The zero-order valence-corrected chi connectivity index (χ0v) is 15.6. The fourth-order valence-electron chi connectivity index (χ4n) is 3.06. The summed E-state index contributed by atoms with van der Waals surface area (Å²) in [5.74, 6) is -4.11. The lowest BCUT2D eigenvalue weighted by molar-refractivity contribution is -0.143. The number of nitrogens with zero attached hydrogens (tertiary/aromatic N) is 2. The van der Waals surface area contributed by atoms with Gasteiger partial charge in [0.25, 0.3) is 0 Å². The molecule has 3 N–H and O–H groups in total. The van der Waals surface area contributed by atoms with Crippen molar-refractivity contribution < 1.29 is 33.4 Å². The van der Waals surface area contributed by atoms with Crippen molar-refractivity contribution >= 4 is 23.7 Å². The van der Waals surface area contributed by atoms with E-state index in [0.29, 0.717) is 6.07 Å². The lowest BCUT2D eigenvalue weighted by atomic mass is 10.0. The normalized spacial score (nSPS) is 16.5. The van der Waals surface area contributed by atoms with Gasteiger partial charge in [0.05, 0.1) is 5.69 Å². The Morgan fingerprint density at radius 3 is 2.14 bits per heavy atom. The second-order valence-electron chi connectivity index (χ2n) is 7.09. The van der Waals surface area contributed by atoms with Gasteiger partial charge in [-0.3, -0.25) is 19.8 Å². The summed E-state index contributed by atoms with van der Waals surface area (Å²) < 4.78 is 26.8. The number of halogens is 2. The molecule has 0 aliphatic carbocycles. The van der Waals surface area contributed by atoms with Crippen LogP contribution in [-0.2, 0) is 9.59 Å². The van der Waals surface area contributed by atoms with Crippen LogP contribution in [0.1, 0.15) is 20.3 Å². The minimum atomic E-state index is -1.30. The molecule has 2 atom stereocenters. The number of carboxylic acid groups (broad SMARTS) is 2. The first-order valence-corrected chi connectivity index (χ1v) is 8.82. The average Bonchev–Trinajstić information content (AvgIpc) is 2.92. The van der Waals surface area contributed by atoms with Crippen molar-refractivity contribution in [2.75, 3.05) is 24.5 Å². The largest absolute Gasteiger partial charge is 0.480 e. The van der Waals surface area contributed by atoms with Crippen LogP contribution in [-0.4, -0.2) is 64.8 Å². The van der Waals surface area contributed by atoms with Gasteiger partial charge in [0.2, 0.25) is 0 Å². The van der Waals surface area contributed by atoms with Gasteiger partial charge in [-0.05, 0) is 24.5 Å². The van der Waals surface area contributed by atoms with Crippen LogP contribution in [0, 0.1) is 17.6 Å². The van der Waals surface area contributed by atoms with Crippen molar-refractivity contribution in [3.8, 4) is 0 Å². The number of nitrogens with one attached hydrogen (secondary N) is 1. The Bertz CT molecular complexity index is 738. The Morgan fingerprint density at radius 2 is 1.64 bits per heavy atom. The molecule has 2 unspecified atom stereocenters. The molecule has 8 nitrogen and oxygen atoms in total. The van der Waals surface area contributed by atoms with Gasteiger partial charge in [-0.25, -0.2) is 13.6 Å². The third kappa shape index (κ3) is 5.38. The van der Waals surface area contributed by atoms with Gasteiger partial charge >= 0.3 is 18.0 Å². The molecule has 2 amide bonds. The molecule has 1 aliphatic rings. The standard InChI is InChI=1S/C18H23F2N3O5/c1-10(2)5-14(16(24)25)21-15(17(26)27)9-22-3-4-23(18(22)28)13-7-11(19)6-12(20)8-13/h6-8,10,14-15,21H,3-5,9H2,1-2H3,(H,24,25)(H,26,27). The number of rotatable bonds is 9. The maximum atomic E-state index is 13.4. The number of benzene rings is 1. The lowest BCUT2D eigenvalue weighted by Crippen LogP contribution is -2.53. The molecule has 0 aromatic heterocycles. The molecule has 154 valence electrons. The smallest absolute Gasteiger partial charge is 0.324 e. The number of hydrogen-bond acceptors (Lipinski definition) is 4. The van der Waals surface area contributed by atoms with E-state index in [9.17, 15) is 33.4 Å². The highest BCUT2D eigenvalue weighted by Crippen LogP contribution is 2.23. The predicted octanol–water partition coefficient (Wildman–Crippen LogP) is 1.75. The summed E-state index contributed by atoms with van der Waals surface area (Å²) in [6.45, 7) is 3.62. The SMILES string of the molecule is CC(C)CC(NC(CN1CCN(c2cc(F)cc(F)c2)C1=O)C(=O)O)C(=O)O. The van der Waals surface area contributed by atoms with Crippen LogP contribution in [0.5, 0.6) is 0 Å². The van der Waals surface area contributed by atoms with Gasteiger partial charge in [-0.15, -0.1) is 0 Å². The Balaban J connectivity index is 2.10. The van der Waals surface area contributed by atoms with Gasteiger partial charge in [0, 0.05) is 25.7 Å². The molecule has 1 aliphatic heterocycles. The number of carbonyl (C=O) groups is 3. The summed E-state index contributed by atoms with van der Waals surface area (Å²) in [4.78, 5) is 37.9. The molecule has 0 spiro atoms. The van der Waals surface area contributed by atoms with E-state index < -0.39 is 41.7 Å². The van der Waals surface area contributed by atoms with Gasteiger partial charge in [-0.1, -0.05) is 13.8 Å². The van der Waals surface area contributed by atoms with Gasteiger partial charge in [0.15, 0.2) is 0 Å². The first-order chi connectivity index (χ1) is 13.1. The molecule has 1 heterocycles. The third-order valence-corrected chi connectivity index (χ3v) is 4.36. The highest BCUT2D eigenvalue weighted by atomic mass is 19.1. The maximum absolute atomic E-state index is 13.4. The predicted molar refractivity (Wildman–Crippen MR) is 96.1 cm³/mol. The molecule has 1 aromatic rings. The minimum Gasteiger partial charge on any atom is -0.480 e. The number of carboxylic acids is 2. The van der Waals surface area contributed by atoms with Crippen molar-refractivity contribution in [1.29, 1.82) is 0 Å². The number of hydrogen-bond donors (Lipinski definition) is 3. The van der Waals surface area contributed by atoms with Crippen LogP contribution in [0.4, 0.5) is 19.3 Å². The number of amides is 2. The van der Waals surface area contributed by atoms with Crippen LogP contribution < -0.4 is 10.2 Å². The van der Waals surface area contributed by atoms with Crippen molar-refractivity contribution in [2.45, 2.75) is 32.4 Å². The summed E-state index contributed by atoms with van der Waals surface area (Å²) >= 11 is 0. The Labute approximate surface area is 160 Å². The molecular formula is C18H23F2N3O5. The summed E-state index contributed by atoms with van der Waals surface area (Å²) in [5.41, 5.74) is 0.0352. The molecule has 2 rings (SSSR count). The van der Waals surface area contributed by atoms with Gasteiger partial charge in [0.1, 0.15) is 23.7 Å². The van der Waals surface area contributed by atoms with Crippen molar-refractivity contribution in [3.63, 3.8) is 0 Å². The van der Waals surface area contributed by atoms with E-state index in [0.717, 1.165) is 17.0 Å². The highest BCUT2D eigenvalue weighted by Gasteiger charge is 2.35. The summed E-state index contributed by atoms with van der Waals surface area (Å²) in [6.07, 6.45) is 0.224. The molecule has 10 heteroatoms. The first-order valence-electron chi connectivity index (χ1n) is 8.82. The summed E-state index contributed by atoms with van der Waals surface area (Å²) in [6, 6.07) is -0.262. The molecule has 0 radical (unpaired) electrons. The molecular weight excluding hydrogens is 376 g/mol. The summed E-state index contributed by atoms with van der Waals surface area (Å²) in [7, 11) is 0. The van der Waals surface area contributed by atoms with Crippen molar-refractivity contribution in [2.24, 2.45) is 5.92 Å². The van der Waals surface area contributed by atoms with Gasteiger partial charge < -0.3 is 15.1 Å². The maximum Gasteiger partial charge on any atom is 0.324 e. The van der Waals surface area contributed by atoms with Crippen LogP contribution in [0.3, 0.4) is 0 Å². The van der Waals surface area contributed by atoms with E-state index >= 15 is 0 Å². The second kappa shape index (κ2) is 8.96. The third-order valence-electron chi connectivity index (χ3n) is 4.36. The van der Waals surface area contributed by atoms with Crippen LogP contribution in [0.2, 0.25) is 0 Å². The molecule has 1 aromatic carbocycles. The van der Waals surface area contributed by atoms with Crippen LogP contribution >= 0.6 is 0 Å². The fraction of sp³-hybridized carbons (Fsp3) is 0.500. The average molecular weight is 399 g/mol. The lowest BCUT2D eigenvalue weighted by Gasteiger charge is -2.25. The fourth-order valence-corrected chi connectivity index (χ4v) is 3.06.